The number of hydrogen-bond acceptors (Lipinski definition) is 8. The van der Waals surface area contributed by atoms with Crippen LogP contribution in [0.3, 0.4) is 0 Å². The number of nitro groups is 1. The molecule has 0 spiro atoms. The number of nitro benzene ring substituents is 1. The molecule has 0 fully saturated rings. The van der Waals surface area contributed by atoms with Gasteiger partial charge in [0.15, 0.2) is 11.6 Å². The minimum absolute atomic E-state index is 0.0797. The van der Waals surface area contributed by atoms with Gasteiger partial charge in [-0.3, -0.25) is 10.1 Å². The van der Waals surface area contributed by atoms with E-state index in [0.29, 0.717) is 38.8 Å². The van der Waals surface area contributed by atoms with E-state index in [-0.39, 0.29) is 23.3 Å². The van der Waals surface area contributed by atoms with Gasteiger partial charge in [0.25, 0.3) is 0 Å². The molecule has 1 aromatic heterocycles. The molecule has 0 radical (unpaired) electrons. The van der Waals surface area contributed by atoms with Crippen LogP contribution in [0.2, 0.25) is 10.0 Å². The zero-order valence-corrected chi connectivity index (χ0v) is 21.3. The second-order valence-electron chi connectivity index (χ2n) is 7.34. The number of aromatic nitrogens is 3. The van der Waals surface area contributed by atoms with E-state index in [0.717, 1.165) is 5.56 Å². The molecule has 0 aliphatic rings. The van der Waals surface area contributed by atoms with Crippen LogP contribution in [0.15, 0.2) is 40.6 Å². The van der Waals surface area contributed by atoms with Crippen LogP contribution in [0.1, 0.15) is 37.7 Å². The first-order valence-corrected chi connectivity index (χ1v) is 12.1. The minimum Gasteiger partial charge on any atom is -0.493 e. The number of halogens is 2. The number of nitrogens with zero attached hydrogens (tertiary/aromatic N) is 5. The summed E-state index contributed by atoms with van der Waals surface area (Å²) in [6.45, 7) is 5.51. The van der Waals surface area contributed by atoms with Crippen LogP contribution < -0.4 is 9.47 Å². The molecule has 180 valence electrons. The number of methoxy groups -OCH3 is 1. The van der Waals surface area contributed by atoms with Crippen molar-refractivity contribution in [2.24, 2.45) is 5.10 Å². The summed E-state index contributed by atoms with van der Waals surface area (Å²) in [5.74, 6) is 1.55. The topological polar surface area (TPSA) is 105 Å². The van der Waals surface area contributed by atoms with Gasteiger partial charge in [0, 0.05) is 23.8 Å². The van der Waals surface area contributed by atoms with Gasteiger partial charge >= 0.3 is 5.69 Å². The molecule has 3 rings (SSSR count). The Balaban J connectivity index is 1.91. The van der Waals surface area contributed by atoms with Crippen molar-refractivity contribution < 1.29 is 14.4 Å². The Kier molecular flexibility index (Phi) is 8.76. The fraction of sp³-hybridized carbons (Fsp3) is 0.318. The number of aryl methyl sites for hydroxylation is 1. The number of thioether (sulfide) groups is 1. The van der Waals surface area contributed by atoms with Gasteiger partial charge in [-0.15, -0.1) is 10.2 Å². The number of benzene rings is 2. The first-order valence-electron chi connectivity index (χ1n) is 10.3. The van der Waals surface area contributed by atoms with Crippen molar-refractivity contribution in [3.8, 4) is 11.5 Å². The molecule has 0 atom stereocenters. The van der Waals surface area contributed by atoms with Gasteiger partial charge in [0.1, 0.15) is 0 Å². The SMILES string of the molecule is CCc1nnc(SCc2ccc(Cl)c(Cl)c2)n1/N=C\c1cc(OC)c(OC(C)C)c([N+](=O)[O-])c1. The molecular weight excluding hydrogens is 501 g/mol. The van der Waals surface area contributed by atoms with Gasteiger partial charge < -0.3 is 9.47 Å². The lowest BCUT2D eigenvalue weighted by Crippen LogP contribution is -2.09. The third-order valence-electron chi connectivity index (χ3n) is 4.49. The Hall–Kier alpha value is -2.82. The summed E-state index contributed by atoms with van der Waals surface area (Å²) in [5.41, 5.74) is 1.23. The Bertz CT molecular complexity index is 1220. The average molecular weight is 524 g/mol. The predicted molar refractivity (Wildman–Crippen MR) is 134 cm³/mol. The largest absolute Gasteiger partial charge is 0.493 e. The van der Waals surface area contributed by atoms with E-state index >= 15 is 0 Å². The van der Waals surface area contributed by atoms with E-state index in [2.05, 4.69) is 15.3 Å². The van der Waals surface area contributed by atoms with Gasteiger partial charge in [-0.25, -0.2) is 0 Å². The Morgan fingerprint density at radius 1 is 1.24 bits per heavy atom. The first kappa shape index (κ1) is 25.8. The molecule has 1 heterocycles. The highest BCUT2D eigenvalue weighted by Crippen LogP contribution is 2.38. The van der Waals surface area contributed by atoms with Gasteiger partial charge in [0.2, 0.25) is 10.9 Å². The maximum atomic E-state index is 11.7. The number of ether oxygens (including phenoxy) is 2. The van der Waals surface area contributed by atoms with Crippen LogP contribution >= 0.6 is 35.0 Å². The summed E-state index contributed by atoms with van der Waals surface area (Å²) in [4.78, 5) is 11.1. The van der Waals surface area contributed by atoms with Gasteiger partial charge in [-0.2, -0.15) is 9.78 Å². The highest BCUT2D eigenvalue weighted by molar-refractivity contribution is 7.98. The minimum atomic E-state index is -0.508. The van der Waals surface area contributed by atoms with Crippen molar-refractivity contribution in [1.29, 1.82) is 0 Å². The summed E-state index contributed by atoms with van der Waals surface area (Å²) in [7, 11) is 1.43. The molecule has 12 heteroatoms. The molecule has 9 nitrogen and oxygen atoms in total. The molecule has 2 aromatic carbocycles. The van der Waals surface area contributed by atoms with E-state index in [9.17, 15) is 10.1 Å². The first-order chi connectivity index (χ1) is 16.2. The Morgan fingerprint density at radius 2 is 2.00 bits per heavy atom. The standard InChI is InChI=1S/C22H23Cl2N5O4S/c1-5-20-26-27-22(34-12-14-6-7-16(23)17(24)8-14)28(20)25-11-15-9-18(29(30)31)21(33-13(2)3)19(10-15)32-4/h6-11,13H,5,12H2,1-4H3/b25-11-. The molecule has 0 saturated heterocycles. The summed E-state index contributed by atoms with van der Waals surface area (Å²) in [5, 5.41) is 26.1. The maximum Gasteiger partial charge on any atom is 0.315 e. The predicted octanol–water partition coefficient (Wildman–Crippen LogP) is 6.03. The van der Waals surface area contributed by atoms with Crippen LogP contribution in [-0.2, 0) is 12.2 Å². The van der Waals surface area contributed by atoms with Gasteiger partial charge in [-0.05, 0) is 37.6 Å². The lowest BCUT2D eigenvalue weighted by molar-refractivity contribution is -0.386. The average Bonchev–Trinajstić information content (AvgIpc) is 3.20. The third-order valence-corrected chi connectivity index (χ3v) is 6.22. The van der Waals surface area contributed by atoms with Gasteiger partial charge in [0.05, 0.1) is 34.4 Å². The van der Waals surface area contributed by atoms with E-state index in [1.54, 1.807) is 36.7 Å². The molecule has 0 saturated carbocycles. The van der Waals surface area contributed by atoms with Crippen molar-refractivity contribution in [3.05, 3.63) is 67.4 Å². The normalized spacial score (nSPS) is 11.4. The lowest BCUT2D eigenvalue weighted by Gasteiger charge is -2.14. The Labute approximate surface area is 211 Å². The lowest BCUT2D eigenvalue weighted by atomic mass is 10.2. The van der Waals surface area contributed by atoms with Crippen molar-refractivity contribution in [1.82, 2.24) is 14.9 Å². The zero-order valence-electron chi connectivity index (χ0n) is 19.0. The van der Waals surface area contributed by atoms with Crippen LogP contribution in [0, 0.1) is 10.1 Å². The molecule has 0 N–H and O–H groups in total. The van der Waals surface area contributed by atoms with E-state index in [1.165, 1.54) is 31.2 Å². The number of hydrogen-bond donors (Lipinski definition) is 0. The van der Waals surface area contributed by atoms with Crippen molar-refractivity contribution in [3.63, 3.8) is 0 Å². The van der Waals surface area contributed by atoms with E-state index in [4.69, 9.17) is 32.7 Å². The van der Waals surface area contributed by atoms with Crippen LogP contribution in [0.25, 0.3) is 0 Å². The van der Waals surface area contributed by atoms with Gasteiger partial charge in [-0.1, -0.05) is 48.0 Å². The van der Waals surface area contributed by atoms with E-state index < -0.39 is 4.92 Å². The van der Waals surface area contributed by atoms with Crippen molar-refractivity contribution >= 4 is 46.9 Å². The quantitative estimate of drug-likeness (QED) is 0.138. The molecule has 3 aromatic rings. The summed E-state index contributed by atoms with van der Waals surface area (Å²) >= 11 is 13.5. The fourth-order valence-corrected chi connectivity index (χ4v) is 4.12. The summed E-state index contributed by atoms with van der Waals surface area (Å²) in [6, 6.07) is 8.45. The molecule has 34 heavy (non-hydrogen) atoms. The fourth-order valence-electron chi connectivity index (χ4n) is 2.95. The van der Waals surface area contributed by atoms with Crippen LogP contribution in [0.5, 0.6) is 11.5 Å². The molecule has 0 aliphatic heterocycles. The van der Waals surface area contributed by atoms with Crippen LogP contribution in [-0.4, -0.2) is 39.2 Å². The van der Waals surface area contributed by atoms with Crippen molar-refractivity contribution in [2.45, 2.75) is 44.2 Å². The second kappa shape index (κ2) is 11.5. The monoisotopic (exact) mass is 523 g/mol. The maximum absolute atomic E-state index is 11.7. The summed E-state index contributed by atoms with van der Waals surface area (Å²) in [6.07, 6.45) is 1.84. The van der Waals surface area contributed by atoms with Crippen LogP contribution in [0.4, 0.5) is 5.69 Å². The molecular formula is C22H23Cl2N5O4S. The second-order valence-corrected chi connectivity index (χ2v) is 9.10. The highest BCUT2D eigenvalue weighted by atomic mass is 35.5. The molecule has 0 amide bonds. The molecule has 0 bridgehead atoms. The highest BCUT2D eigenvalue weighted by Gasteiger charge is 2.23. The summed E-state index contributed by atoms with van der Waals surface area (Å²) < 4.78 is 12.6. The zero-order chi connectivity index (χ0) is 24.8. The van der Waals surface area contributed by atoms with Crippen molar-refractivity contribution in [2.75, 3.05) is 7.11 Å². The Morgan fingerprint density at radius 3 is 2.62 bits per heavy atom. The molecule has 0 aliphatic carbocycles. The smallest absolute Gasteiger partial charge is 0.315 e. The third kappa shape index (κ3) is 6.19. The number of rotatable bonds is 10. The molecule has 0 unspecified atom stereocenters. The van der Waals surface area contributed by atoms with E-state index in [1.807, 2.05) is 13.0 Å².